The second kappa shape index (κ2) is 9.32. The Hall–Kier alpha value is -3.52. The molecule has 0 bridgehead atoms. The molecule has 0 saturated carbocycles. The van der Waals surface area contributed by atoms with Crippen LogP contribution in [-0.2, 0) is 24.2 Å². The number of carbonyl (C=O) groups excluding carboxylic acids is 1. The van der Waals surface area contributed by atoms with Crippen LogP contribution < -0.4 is 10.1 Å². The van der Waals surface area contributed by atoms with Gasteiger partial charge in [-0.25, -0.2) is 4.39 Å². The third kappa shape index (κ3) is 5.51. The van der Waals surface area contributed by atoms with Crippen molar-refractivity contribution in [2.45, 2.75) is 19.4 Å². The zero-order valence-corrected chi connectivity index (χ0v) is 16.7. The van der Waals surface area contributed by atoms with Gasteiger partial charge in [-0.2, -0.15) is 9.36 Å². The van der Waals surface area contributed by atoms with Gasteiger partial charge in [0.2, 0.25) is 5.91 Å². The van der Waals surface area contributed by atoms with Gasteiger partial charge in [-0.3, -0.25) is 4.79 Å². The van der Waals surface area contributed by atoms with Gasteiger partial charge in [-0.15, -0.1) is 0 Å². The molecule has 2 aromatic carbocycles. The predicted molar refractivity (Wildman–Crippen MR) is 110 cm³/mol. The zero-order chi connectivity index (χ0) is 20.8. The van der Waals surface area contributed by atoms with Gasteiger partial charge in [0, 0.05) is 18.0 Å². The lowest BCUT2D eigenvalue weighted by atomic mass is 10.1. The minimum atomic E-state index is -0.271. The van der Waals surface area contributed by atoms with E-state index in [0.717, 1.165) is 22.7 Å². The van der Waals surface area contributed by atoms with Gasteiger partial charge >= 0.3 is 0 Å². The summed E-state index contributed by atoms with van der Waals surface area (Å²) in [6, 6.07) is 17.1. The molecule has 1 N–H and O–H groups in total. The maximum Gasteiger partial charge on any atom is 0.298 e. The number of ether oxygens (including phenoxy) is 1. The van der Waals surface area contributed by atoms with Gasteiger partial charge in [-0.05, 0) is 47.5 Å². The molecule has 2 heterocycles. The fourth-order valence-electron chi connectivity index (χ4n) is 2.76. The standard InChI is InChI=1S/C22H18FN3O3S/c23-17-7-3-15(4-8-17)12-20-25-22(30-26-20)29-18-9-5-16(6-10-18)13-21(27)24-14-19-2-1-11-28-19/h1-11H,12-14H2,(H,24,27). The Morgan fingerprint density at radius 3 is 2.57 bits per heavy atom. The first-order chi connectivity index (χ1) is 14.6. The van der Waals surface area contributed by atoms with Gasteiger partial charge in [-0.1, -0.05) is 24.3 Å². The quantitative estimate of drug-likeness (QED) is 0.451. The lowest BCUT2D eigenvalue weighted by Gasteiger charge is -2.05. The van der Waals surface area contributed by atoms with E-state index in [1.54, 1.807) is 36.6 Å². The number of amides is 1. The van der Waals surface area contributed by atoms with Crippen molar-refractivity contribution in [3.05, 3.63) is 95.5 Å². The molecule has 0 spiro atoms. The summed E-state index contributed by atoms with van der Waals surface area (Å²) >= 11 is 1.16. The molecule has 0 radical (unpaired) electrons. The van der Waals surface area contributed by atoms with Crippen LogP contribution in [0.15, 0.2) is 71.3 Å². The van der Waals surface area contributed by atoms with Crippen LogP contribution in [0.5, 0.6) is 10.9 Å². The fraction of sp³-hybridized carbons (Fsp3) is 0.136. The van der Waals surface area contributed by atoms with Crippen LogP contribution in [0, 0.1) is 5.82 Å². The van der Waals surface area contributed by atoms with Crippen LogP contribution in [0.3, 0.4) is 0 Å². The Kier molecular flexibility index (Phi) is 6.14. The number of rotatable bonds is 8. The molecule has 0 aliphatic carbocycles. The van der Waals surface area contributed by atoms with E-state index < -0.39 is 0 Å². The predicted octanol–water partition coefficient (Wildman–Crippen LogP) is 4.51. The molecule has 30 heavy (non-hydrogen) atoms. The minimum Gasteiger partial charge on any atom is -0.467 e. The molecule has 0 atom stereocenters. The van der Waals surface area contributed by atoms with E-state index in [1.807, 2.05) is 18.2 Å². The molecule has 4 aromatic rings. The third-order valence-corrected chi connectivity index (χ3v) is 4.89. The molecule has 0 aliphatic heterocycles. The van der Waals surface area contributed by atoms with Crippen LogP contribution >= 0.6 is 11.5 Å². The number of nitrogens with zero attached hydrogens (tertiary/aromatic N) is 2. The van der Waals surface area contributed by atoms with Crippen molar-refractivity contribution in [1.82, 2.24) is 14.7 Å². The smallest absolute Gasteiger partial charge is 0.298 e. The van der Waals surface area contributed by atoms with Crippen molar-refractivity contribution >= 4 is 17.4 Å². The first kappa shape index (κ1) is 19.8. The number of halogens is 1. The van der Waals surface area contributed by atoms with Gasteiger partial charge < -0.3 is 14.5 Å². The lowest BCUT2D eigenvalue weighted by molar-refractivity contribution is -0.120. The monoisotopic (exact) mass is 423 g/mol. The van der Waals surface area contributed by atoms with E-state index in [-0.39, 0.29) is 18.1 Å². The summed E-state index contributed by atoms with van der Waals surface area (Å²) in [5.74, 6) is 1.58. The highest BCUT2D eigenvalue weighted by atomic mass is 32.1. The number of furan rings is 1. The molecule has 0 fully saturated rings. The molecule has 0 saturated heterocycles. The number of hydrogen-bond donors (Lipinski definition) is 1. The third-order valence-electron chi connectivity index (χ3n) is 4.26. The van der Waals surface area contributed by atoms with Crippen molar-refractivity contribution in [2.75, 3.05) is 0 Å². The highest BCUT2D eigenvalue weighted by molar-refractivity contribution is 7.07. The van der Waals surface area contributed by atoms with Crippen LogP contribution in [0.1, 0.15) is 22.7 Å². The number of hydrogen-bond acceptors (Lipinski definition) is 6. The Balaban J connectivity index is 1.28. The number of aromatic nitrogens is 2. The average molecular weight is 423 g/mol. The van der Waals surface area contributed by atoms with E-state index in [1.165, 1.54) is 12.1 Å². The van der Waals surface area contributed by atoms with Gasteiger partial charge in [0.1, 0.15) is 17.3 Å². The molecular weight excluding hydrogens is 405 g/mol. The highest BCUT2D eigenvalue weighted by Gasteiger charge is 2.09. The molecule has 6 nitrogen and oxygen atoms in total. The lowest BCUT2D eigenvalue weighted by Crippen LogP contribution is -2.24. The SMILES string of the molecule is O=C(Cc1ccc(Oc2nc(Cc3ccc(F)cc3)ns2)cc1)NCc1ccco1. The van der Waals surface area contributed by atoms with Crippen molar-refractivity contribution in [3.8, 4) is 10.9 Å². The van der Waals surface area contributed by atoms with Gasteiger partial charge in [0.25, 0.3) is 5.19 Å². The normalized spacial score (nSPS) is 10.7. The number of nitrogens with one attached hydrogen (secondary N) is 1. The van der Waals surface area contributed by atoms with Crippen molar-refractivity contribution in [2.24, 2.45) is 0 Å². The summed E-state index contributed by atoms with van der Waals surface area (Å²) in [6.07, 6.45) is 2.34. The topological polar surface area (TPSA) is 77.2 Å². The molecular formula is C22H18FN3O3S. The van der Waals surface area contributed by atoms with Crippen LogP contribution in [0.4, 0.5) is 4.39 Å². The minimum absolute atomic E-state index is 0.0883. The molecule has 0 unspecified atom stereocenters. The van der Waals surface area contributed by atoms with E-state index in [9.17, 15) is 9.18 Å². The maximum absolute atomic E-state index is 13.0. The Labute approximate surface area is 176 Å². The molecule has 0 aliphatic rings. The van der Waals surface area contributed by atoms with Crippen molar-refractivity contribution < 1.29 is 18.3 Å². The average Bonchev–Trinajstić information content (AvgIpc) is 3.42. The molecule has 2 aromatic heterocycles. The molecule has 1 amide bonds. The van der Waals surface area contributed by atoms with E-state index in [2.05, 4.69) is 14.7 Å². The summed E-state index contributed by atoms with van der Waals surface area (Å²) in [6.45, 7) is 0.365. The molecule has 152 valence electrons. The second-order valence-corrected chi connectivity index (χ2v) is 7.27. The van der Waals surface area contributed by atoms with Gasteiger partial charge in [0.05, 0.1) is 19.2 Å². The summed E-state index contributed by atoms with van der Waals surface area (Å²) < 4.78 is 28.2. The van der Waals surface area contributed by atoms with Crippen molar-refractivity contribution in [1.29, 1.82) is 0 Å². The van der Waals surface area contributed by atoms with E-state index in [4.69, 9.17) is 9.15 Å². The van der Waals surface area contributed by atoms with Crippen LogP contribution in [0.2, 0.25) is 0 Å². The summed E-state index contributed by atoms with van der Waals surface area (Å²) in [5.41, 5.74) is 1.80. The molecule has 8 heteroatoms. The second-order valence-electron chi connectivity index (χ2n) is 6.56. The number of carbonyl (C=O) groups is 1. The zero-order valence-electron chi connectivity index (χ0n) is 15.9. The maximum atomic E-state index is 13.0. The summed E-state index contributed by atoms with van der Waals surface area (Å²) in [7, 11) is 0. The first-order valence-corrected chi connectivity index (χ1v) is 10.0. The summed E-state index contributed by atoms with van der Waals surface area (Å²) in [5, 5.41) is 3.24. The largest absolute Gasteiger partial charge is 0.467 e. The number of benzene rings is 2. The fourth-order valence-corrected chi connectivity index (χ4v) is 3.33. The van der Waals surface area contributed by atoms with E-state index in [0.29, 0.717) is 35.5 Å². The Morgan fingerprint density at radius 2 is 1.83 bits per heavy atom. The van der Waals surface area contributed by atoms with Gasteiger partial charge in [0.15, 0.2) is 5.82 Å². The van der Waals surface area contributed by atoms with Crippen LogP contribution in [0.25, 0.3) is 0 Å². The van der Waals surface area contributed by atoms with E-state index >= 15 is 0 Å². The highest BCUT2D eigenvalue weighted by Crippen LogP contribution is 2.24. The Morgan fingerprint density at radius 1 is 1.07 bits per heavy atom. The Bertz CT molecular complexity index is 1090. The van der Waals surface area contributed by atoms with Crippen LogP contribution in [-0.4, -0.2) is 15.3 Å². The summed E-state index contributed by atoms with van der Waals surface area (Å²) in [4.78, 5) is 16.4. The van der Waals surface area contributed by atoms with Crippen molar-refractivity contribution in [3.63, 3.8) is 0 Å². The molecule has 4 rings (SSSR count). The first-order valence-electron chi connectivity index (χ1n) is 9.27.